The number of sulfone groups is 1. The van der Waals surface area contributed by atoms with E-state index in [-0.39, 0.29) is 16.0 Å². The minimum Gasteiger partial charge on any atom is -0.368 e. The molecule has 2 aromatic rings. The lowest BCUT2D eigenvalue weighted by molar-refractivity contribution is 0.600. The zero-order valence-corrected chi connectivity index (χ0v) is 12.3. The van der Waals surface area contributed by atoms with E-state index in [1.165, 1.54) is 17.8 Å². The third-order valence-corrected chi connectivity index (χ3v) is 4.62. The molecule has 0 radical (unpaired) electrons. The highest BCUT2D eigenvalue weighted by Crippen LogP contribution is 2.32. The largest absolute Gasteiger partial charge is 0.368 e. The molecule has 0 saturated carbocycles. The highest BCUT2D eigenvalue weighted by molar-refractivity contribution is 8.00. The first-order valence-corrected chi connectivity index (χ1v) is 8.22. The molecular weight excluding hydrogens is 306 g/mol. The van der Waals surface area contributed by atoms with Gasteiger partial charge in [-0.15, -0.1) is 0 Å². The van der Waals surface area contributed by atoms with Gasteiger partial charge < -0.3 is 5.73 Å². The standard InChI is InChI=1S/C11H10ClN3O2S2/c1-19(16,17)8-5-3-2-4-7(8)18-10-6-9(12)14-11(13)15-10/h2-6H,1H3,(H2,13,14,15). The van der Waals surface area contributed by atoms with Crippen molar-refractivity contribution in [1.29, 1.82) is 0 Å². The van der Waals surface area contributed by atoms with Gasteiger partial charge in [0.2, 0.25) is 5.95 Å². The van der Waals surface area contributed by atoms with E-state index in [1.54, 1.807) is 24.3 Å². The third-order valence-electron chi connectivity index (χ3n) is 2.15. The fourth-order valence-corrected chi connectivity index (χ4v) is 3.86. The van der Waals surface area contributed by atoms with E-state index >= 15 is 0 Å². The van der Waals surface area contributed by atoms with Crippen molar-refractivity contribution in [2.75, 3.05) is 12.0 Å². The quantitative estimate of drug-likeness (QED) is 0.874. The van der Waals surface area contributed by atoms with Crippen molar-refractivity contribution in [3.05, 3.63) is 35.5 Å². The van der Waals surface area contributed by atoms with E-state index in [0.29, 0.717) is 9.92 Å². The van der Waals surface area contributed by atoms with Crippen molar-refractivity contribution in [1.82, 2.24) is 9.97 Å². The summed E-state index contributed by atoms with van der Waals surface area (Å²) in [6.07, 6.45) is 1.16. The summed E-state index contributed by atoms with van der Waals surface area (Å²) in [5.74, 6) is 0.0480. The first-order valence-electron chi connectivity index (χ1n) is 5.13. The molecule has 0 spiro atoms. The molecule has 2 N–H and O–H groups in total. The van der Waals surface area contributed by atoms with Crippen LogP contribution < -0.4 is 5.73 Å². The molecule has 0 saturated heterocycles. The Kier molecular flexibility index (Phi) is 3.98. The average molecular weight is 316 g/mol. The summed E-state index contributed by atoms with van der Waals surface area (Å²) < 4.78 is 23.4. The van der Waals surface area contributed by atoms with Crippen molar-refractivity contribution >= 4 is 39.1 Å². The van der Waals surface area contributed by atoms with Gasteiger partial charge in [-0.1, -0.05) is 35.5 Å². The first-order chi connectivity index (χ1) is 8.86. The zero-order chi connectivity index (χ0) is 14.0. The summed E-state index contributed by atoms with van der Waals surface area (Å²) in [7, 11) is -3.30. The molecule has 100 valence electrons. The summed E-state index contributed by atoms with van der Waals surface area (Å²) in [6.45, 7) is 0. The van der Waals surface area contributed by atoms with Gasteiger partial charge in [0.1, 0.15) is 10.2 Å². The molecule has 5 nitrogen and oxygen atoms in total. The SMILES string of the molecule is CS(=O)(=O)c1ccccc1Sc1cc(Cl)nc(N)n1. The highest BCUT2D eigenvalue weighted by Gasteiger charge is 2.14. The molecule has 1 aromatic carbocycles. The molecule has 1 heterocycles. The van der Waals surface area contributed by atoms with Crippen molar-refractivity contribution in [2.45, 2.75) is 14.8 Å². The molecule has 0 aliphatic carbocycles. The normalized spacial score (nSPS) is 11.5. The number of anilines is 1. The Labute approximate surface area is 120 Å². The molecule has 0 bridgehead atoms. The maximum atomic E-state index is 11.7. The summed E-state index contributed by atoms with van der Waals surface area (Å²) in [4.78, 5) is 8.56. The van der Waals surface area contributed by atoms with Crippen LogP contribution in [0.4, 0.5) is 5.95 Å². The predicted octanol–water partition coefficient (Wildman–Crippen LogP) is 2.27. The fraction of sp³-hybridized carbons (Fsp3) is 0.0909. The predicted molar refractivity (Wildman–Crippen MR) is 75.1 cm³/mol. The summed E-state index contributed by atoms with van der Waals surface area (Å²) >= 11 is 6.96. The van der Waals surface area contributed by atoms with Crippen LogP contribution in [0.15, 0.2) is 45.1 Å². The van der Waals surface area contributed by atoms with Crippen LogP contribution in [0.3, 0.4) is 0 Å². The summed E-state index contributed by atoms with van der Waals surface area (Å²) in [5, 5.41) is 0.709. The van der Waals surface area contributed by atoms with Crippen LogP contribution >= 0.6 is 23.4 Å². The van der Waals surface area contributed by atoms with Crippen molar-refractivity contribution < 1.29 is 8.42 Å². The minimum absolute atomic E-state index is 0.0480. The van der Waals surface area contributed by atoms with Gasteiger partial charge in [0.05, 0.1) is 4.90 Å². The number of nitrogens with two attached hydrogens (primary N) is 1. The molecule has 0 fully saturated rings. The summed E-state index contributed by atoms with van der Waals surface area (Å²) in [5.41, 5.74) is 5.50. The van der Waals surface area contributed by atoms with Crippen molar-refractivity contribution in [3.63, 3.8) is 0 Å². The van der Waals surface area contributed by atoms with Gasteiger partial charge in [-0.2, -0.15) is 0 Å². The van der Waals surface area contributed by atoms with Gasteiger partial charge in [-0.25, -0.2) is 18.4 Å². The third kappa shape index (κ3) is 3.59. The van der Waals surface area contributed by atoms with Gasteiger partial charge in [0, 0.05) is 17.2 Å². The second-order valence-electron chi connectivity index (χ2n) is 3.71. The van der Waals surface area contributed by atoms with Crippen LogP contribution in [0.1, 0.15) is 0 Å². The number of nitrogens with zero attached hydrogens (tertiary/aromatic N) is 2. The number of benzene rings is 1. The molecule has 8 heteroatoms. The molecule has 0 unspecified atom stereocenters. The molecule has 0 aliphatic heterocycles. The van der Waals surface area contributed by atoms with Gasteiger partial charge in [-0.3, -0.25) is 0 Å². The molecule has 2 rings (SSSR count). The Morgan fingerprint density at radius 1 is 1.26 bits per heavy atom. The van der Waals surface area contributed by atoms with Gasteiger partial charge in [0.25, 0.3) is 0 Å². The summed E-state index contributed by atoms with van der Waals surface area (Å²) in [6, 6.07) is 8.20. The number of nitrogen functional groups attached to an aromatic ring is 1. The Morgan fingerprint density at radius 2 is 1.95 bits per heavy atom. The van der Waals surface area contributed by atoms with E-state index in [4.69, 9.17) is 17.3 Å². The molecule has 0 aliphatic rings. The number of halogens is 1. The van der Waals surface area contributed by atoms with Crippen LogP contribution in [-0.2, 0) is 9.84 Å². The number of rotatable bonds is 3. The average Bonchev–Trinajstić information content (AvgIpc) is 2.26. The maximum absolute atomic E-state index is 11.7. The van der Waals surface area contributed by atoms with Crippen LogP contribution in [0, 0.1) is 0 Å². The minimum atomic E-state index is -3.30. The van der Waals surface area contributed by atoms with Crippen LogP contribution in [-0.4, -0.2) is 24.6 Å². The van der Waals surface area contributed by atoms with Gasteiger partial charge >= 0.3 is 0 Å². The lowest BCUT2D eigenvalue weighted by Crippen LogP contribution is -2.00. The van der Waals surface area contributed by atoms with E-state index in [0.717, 1.165) is 6.26 Å². The molecular formula is C11H10ClN3O2S2. The smallest absolute Gasteiger partial charge is 0.222 e. The van der Waals surface area contributed by atoms with Crippen molar-refractivity contribution in [2.24, 2.45) is 0 Å². The molecule has 19 heavy (non-hydrogen) atoms. The zero-order valence-electron chi connectivity index (χ0n) is 9.87. The lowest BCUT2D eigenvalue weighted by atomic mass is 10.4. The Balaban J connectivity index is 2.44. The van der Waals surface area contributed by atoms with Crippen LogP contribution in [0.5, 0.6) is 0 Å². The highest BCUT2D eigenvalue weighted by atomic mass is 35.5. The Bertz CT molecular complexity index is 699. The van der Waals surface area contributed by atoms with Gasteiger partial charge in [0.15, 0.2) is 9.84 Å². The monoisotopic (exact) mass is 315 g/mol. The van der Waals surface area contributed by atoms with Crippen molar-refractivity contribution in [3.8, 4) is 0 Å². The number of hydrogen-bond acceptors (Lipinski definition) is 6. The topological polar surface area (TPSA) is 85.9 Å². The number of aromatic nitrogens is 2. The second kappa shape index (κ2) is 5.36. The Morgan fingerprint density at radius 3 is 2.58 bits per heavy atom. The second-order valence-corrected chi connectivity index (χ2v) is 7.14. The fourth-order valence-electron chi connectivity index (χ4n) is 1.42. The van der Waals surface area contributed by atoms with Crippen LogP contribution in [0.25, 0.3) is 0 Å². The molecule has 0 amide bonds. The van der Waals surface area contributed by atoms with Crippen LogP contribution in [0.2, 0.25) is 5.15 Å². The maximum Gasteiger partial charge on any atom is 0.222 e. The molecule has 1 aromatic heterocycles. The Hall–Kier alpha value is -1.31. The lowest BCUT2D eigenvalue weighted by Gasteiger charge is -2.07. The van der Waals surface area contributed by atoms with Gasteiger partial charge in [-0.05, 0) is 12.1 Å². The van der Waals surface area contributed by atoms with E-state index < -0.39 is 9.84 Å². The molecule has 0 atom stereocenters. The number of hydrogen-bond donors (Lipinski definition) is 1. The van der Waals surface area contributed by atoms with E-state index in [1.807, 2.05) is 0 Å². The first kappa shape index (κ1) is 14.1. The van der Waals surface area contributed by atoms with E-state index in [9.17, 15) is 8.42 Å². The van der Waals surface area contributed by atoms with E-state index in [2.05, 4.69) is 9.97 Å².